The third kappa shape index (κ3) is 2.98. The fourth-order valence-corrected chi connectivity index (χ4v) is 3.93. The van der Waals surface area contributed by atoms with Crippen LogP contribution in [0.25, 0.3) is 11.0 Å². The minimum Gasteiger partial charge on any atom is -0.326 e. The summed E-state index contributed by atoms with van der Waals surface area (Å²) < 4.78 is 30.1. The monoisotopic (exact) mass is 390 g/mol. The first kappa shape index (κ1) is 14.9. The van der Waals surface area contributed by atoms with Gasteiger partial charge in [-0.05, 0) is 40.5 Å². The quantitative estimate of drug-likeness (QED) is 0.564. The van der Waals surface area contributed by atoms with Crippen molar-refractivity contribution in [3.63, 3.8) is 0 Å². The Balaban J connectivity index is 1.99. The van der Waals surface area contributed by atoms with Gasteiger partial charge in [-0.1, -0.05) is 0 Å². The van der Waals surface area contributed by atoms with Crippen LogP contribution in [0.3, 0.4) is 0 Å². The molecule has 21 heavy (non-hydrogen) atoms. The lowest BCUT2D eigenvalue weighted by atomic mass is 10.3. The highest BCUT2D eigenvalue weighted by atomic mass is 79.9. The number of imidazole rings is 1. The second-order valence-corrected chi connectivity index (χ2v) is 7.34. The highest BCUT2D eigenvalue weighted by Gasteiger charge is 2.15. The van der Waals surface area contributed by atoms with Crippen molar-refractivity contribution in [1.29, 1.82) is 0 Å². The number of thiophene rings is 1. The summed E-state index contributed by atoms with van der Waals surface area (Å²) in [6, 6.07) is 6.14. The molecule has 0 saturated heterocycles. The molecule has 0 spiro atoms. The molecular formula is C14H10BrClF2N2S. The Morgan fingerprint density at radius 1 is 1.29 bits per heavy atom. The standard InChI is InChI=1S/C14H10BrClF2N2S/c15-12-2-1-9(21-12)3-4-20-11-6-8(17)5-10(18)14(11)19-13(20)7-16/h1-2,5-6H,3-4,7H2. The zero-order chi connectivity index (χ0) is 15.0. The summed E-state index contributed by atoms with van der Waals surface area (Å²) in [5.74, 6) is -0.564. The Morgan fingerprint density at radius 2 is 2.10 bits per heavy atom. The van der Waals surface area contributed by atoms with Crippen molar-refractivity contribution < 1.29 is 8.78 Å². The molecule has 0 N–H and O–H groups in total. The van der Waals surface area contributed by atoms with Crippen molar-refractivity contribution in [1.82, 2.24) is 9.55 Å². The Kier molecular flexibility index (Phi) is 4.28. The normalized spacial score (nSPS) is 11.4. The molecule has 2 heterocycles. The van der Waals surface area contributed by atoms with Gasteiger partial charge in [0.2, 0.25) is 0 Å². The van der Waals surface area contributed by atoms with E-state index in [0.717, 1.165) is 16.3 Å². The first-order valence-electron chi connectivity index (χ1n) is 6.23. The molecule has 0 radical (unpaired) electrons. The van der Waals surface area contributed by atoms with Crippen LogP contribution < -0.4 is 0 Å². The van der Waals surface area contributed by atoms with E-state index in [1.165, 1.54) is 10.9 Å². The van der Waals surface area contributed by atoms with Crippen molar-refractivity contribution in [2.75, 3.05) is 0 Å². The topological polar surface area (TPSA) is 17.8 Å². The second kappa shape index (κ2) is 6.02. The van der Waals surface area contributed by atoms with Gasteiger partial charge in [0, 0.05) is 17.5 Å². The summed E-state index contributed by atoms with van der Waals surface area (Å²) in [5, 5.41) is 0. The predicted octanol–water partition coefficient (Wildman–Crippen LogP) is 5.12. The molecule has 0 aliphatic heterocycles. The fraction of sp³-hybridized carbons (Fsp3) is 0.214. The van der Waals surface area contributed by atoms with Gasteiger partial charge in [-0.3, -0.25) is 0 Å². The number of hydrogen-bond donors (Lipinski definition) is 0. The SMILES string of the molecule is Fc1cc(F)c2nc(CCl)n(CCc3ccc(Br)s3)c2c1. The van der Waals surface area contributed by atoms with Crippen LogP contribution in [0, 0.1) is 11.6 Å². The van der Waals surface area contributed by atoms with Crippen molar-refractivity contribution >= 4 is 49.9 Å². The van der Waals surface area contributed by atoms with Crippen LogP contribution >= 0.6 is 38.9 Å². The molecule has 2 aromatic heterocycles. The highest BCUT2D eigenvalue weighted by molar-refractivity contribution is 9.11. The minimum absolute atomic E-state index is 0.157. The number of hydrogen-bond acceptors (Lipinski definition) is 2. The van der Waals surface area contributed by atoms with Crippen LogP contribution in [0.4, 0.5) is 8.78 Å². The van der Waals surface area contributed by atoms with Gasteiger partial charge in [0.05, 0.1) is 15.2 Å². The number of rotatable bonds is 4. The van der Waals surface area contributed by atoms with Crippen molar-refractivity contribution in [2.24, 2.45) is 0 Å². The summed E-state index contributed by atoms with van der Waals surface area (Å²) in [5.41, 5.74) is 0.609. The number of aromatic nitrogens is 2. The van der Waals surface area contributed by atoms with Gasteiger partial charge in [-0.25, -0.2) is 13.8 Å². The average Bonchev–Trinajstić information content (AvgIpc) is 3.00. The van der Waals surface area contributed by atoms with Crippen LogP contribution in [-0.4, -0.2) is 9.55 Å². The number of aryl methyl sites for hydroxylation is 2. The number of halogens is 4. The van der Waals surface area contributed by atoms with E-state index in [1.54, 1.807) is 15.9 Å². The predicted molar refractivity (Wildman–Crippen MR) is 84.9 cm³/mol. The molecule has 110 valence electrons. The number of alkyl halides is 1. The van der Waals surface area contributed by atoms with Gasteiger partial charge in [0.25, 0.3) is 0 Å². The van der Waals surface area contributed by atoms with Crippen LogP contribution in [0.5, 0.6) is 0 Å². The van der Waals surface area contributed by atoms with Gasteiger partial charge >= 0.3 is 0 Å². The Labute approximate surface area is 137 Å². The largest absolute Gasteiger partial charge is 0.326 e. The Bertz CT molecular complexity index is 800. The summed E-state index contributed by atoms with van der Waals surface area (Å²) in [7, 11) is 0. The van der Waals surface area contributed by atoms with Crippen LogP contribution in [0.1, 0.15) is 10.7 Å². The third-order valence-electron chi connectivity index (χ3n) is 3.18. The number of fused-ring (bicyclic) bond motifs is 1. The lowest BCUT2D eigenvalue weighted by molar-refractivity contribution is 0.589. The molecule has 1 aromatic carbocycles. The molecule has 3 aromatic rings. The maximum atomic E-state index is 13.8. The maximum absolute atomic E-state index is 13.8. The van der Waals surface area contributed by atoms with Crippen LogP contribution in [0.2, 0.25) is 0 Å². The summed E-state index contributed by atoms with van der Waals surface area (Å²) in [6.45, 7) is 0.578. The molecule has 0 aliphatic carbocycles. The fourth-order valence-electron chi connectivity index (χ4n) is 2.26. The van der Waals surface area contributed by atoms with E-state index in [-0.39, 0.29) is 11.4 Å². The summed E-state index contributed by atoms with van der Waals surface area (Å²) in [4.78, 5) is 5.35. The van der Waals surface area contributed by atoms with Crippen LogP contribution in [0.15, 0.2) is 28.1 Å². The van der Waals surface area contributed by atoms with Gasteiger partial charge in [-0.15, -0.1) is 22.9 Å². The van der Waals surface area contributed by atoms with Gasteiger partial charge in [0.15, 0.2) is 5.82 Å². The summed E-state index contributed by atoms with van der Waals surface area (Å²) >= 11 is 10.9. The van der Waals surface area contributed by atoms with E-state index in [0.29, 0.717) is 17.9 Å². The molecule has 0 unspecified atom stereocenters. The van der Waals surface area contributed by atoms with Crippen molar-refractivity contribution in [2.45, 2.75) is 18.8 Å². The lowest BCUT2D eigenvalue weighted by Gasteiger charge is -2.06. The number of benzene rings is 1. The van der Waals surface area contributed by atoms with E-state index >= 15 is 0 Å². The second-order valence-electron chi connectivity index (χ2n) is 4.52. The Morgan fingerprint density at radius 3 is 2.76 bits per heavy atom. The maximum Gasteiger partial charge on any atom is 0.153 e. The molecular weight excluding hydrogens is 382 g/mol. The smallest absolute Gasteiger partial charge is 0.153 e. The molecule has 0 amide bonds. The lowest BCUT2D eigenvalue weighted by Crippen LogP contribution is -2.04. The molecule has 0 fully saturated rings. The molecule has 0 aliphatic rings. The first-order valence-corrected chi connectivity index (χ1v) is 8.37. The Hall–Kier alpha value is -0.980. The van der Waals surface area contributed by atoms with E-state index in [4.69, 9.17) is 11.6 Å². The minimum atomic E-state index is -0.658. The highest BCUT2D eigenvalue weighted by Crippen LogP contribution is 2.25. The average molecular weight is 392 g/mol. The third-order valence-corrected chi connectivity index (χ3v) is 5.10. The van der Waals surface area contributed by atoms with Crippen molar-refractivity contribution in [3.8, 4) is 0 Å². The molecule has 0 bridgehead atoms. The number of nitrogens with zero attached hydrogens (tertiary/aromatic N) is 2. The van der Waals surface area contributed by atoms with Crippen LogP contribution in [-0.2, 0) is 18.8 Å². The van der Waals surface area contributed by atoms with E-state index in [1.807, 2.05) is 12.1 Å². The van der Waals surface area contributed by atoms with Gasteiger partial charge in [-0.2, -0.15) is 0 Å². The first-order chi connectivity index (χ1) is 10.1. The van der Waals surface area contributed by atoms with Gasteiger partial charge in [0.1, 0.15) is 17.2 Å². The van der Waals surface area contributed by atoms with Crippen molar-refractivity contribution in [3.05, 3.63) is 50.4 Å². The molecule has 0 atom stereocenters. The molecule has 7 heteroatoms. The molecule has 0 saturated carbocycles. The zero-order valence-corrected chi connectivity index (χ0v) is 13.9. The summed E-state index contributed by atoms with van der Waals surface area (Å²) in [6.07, 6.45) is 0.754. The zero-order valence-electron chi connectivity index (χ0n) is 10.7. The molecule has 3 rings (SSSR count). The van der Waals surface area contributed by atoms with E-state index in [9.17, 15) is 8.78 Å². The molecule has 2 nitrogen and oxygen atoms in total. The van der Waals surface area contributed by atoms with E-state index < -0.39 is 11.6 Å². The van der Waals surface area contributed by atoms with E-state index in [2.05, 4.69) is 20.9 Å². The van der Waals surface area contributed by atoms with Gasteiger partial charge < -0.3 is 4.57 Å².